The van der Waals surface area contributed by atoms with Crippen molar-refractivity contribution in [2.75, 3.05) is 0 Å². The van der Waals surface area contributed by atoms with Gasteiger partial charge in [0.15, 0.2) is 17.4 Å². The fourth-order valence-electron chi connectivity index (χ4n) is 2.44. The Hall–Kier alpha value is -2.08. The Labute approximate surface area is 160 Å². The van der Waals surface area contributed by atoms with Gasteiger partial charge in [0.25, 0.3) is 6.04 Å². The lowest BCUT2D eigenvalue weighted by Gasteiger charge is -2.14. The number of nitrogens with zero attached hydrogens (tertiary/aromatic N) is 1. The molecule has 0 aliphatic heterocycles. The number of Topliss-reactive ketones (excluding diaryl/α,β-unsaturated/α-hetero) is 1. The summed E-state index contributed by atoms with van der Waals surface area (Å²) in [5.74, 6) is -0.0707. The molecule has 6 heteroatoms. The molecular formula is C19H16ClN2OS2+. The Morgan fingerprint density at radius 1 is 1.08 bits per heavy atom. The maximum Gasteiger partial charge on any atom is 0.271 e. The number of rotatable bonds is 6. The van der Waals surface area contributed by atoms with E-state index in [2.05, 4.69) is 5.32 Å². The number of carbonyl (C=O) groups excluding carboxylic acids is 1. The van der Waals surface area contributed by atoms with Crippen LogP contribution in [-0.4, -0.2) is 10.8 Å². The molecule has 2 heterocycles. The van der Waals surface area contributed by atoms with Crippen molar-refractivity contribution in [3.8, 4) is 0 Å². The monoisotopic (exact) mass is 387 g/mol. The lowest BCUT2D eigenvalue weighted by molar-refractivity contribution is -0.692. The number of halogens is 1. The molecule has 3 nitrogen and oxygen atoms in total. The van der Waals surface area contributed by atoms with E-state index in [1.54, 1.807) is 12.1 Å². The number of aromatic nitrogens is 1. The largest absolute Gasteiger partial charge is 0.370 e. The fraction of sp³-hybridized carbons (Fsp3) is 0.105. The zero-order valence-corrected chi connectivity index (χ0v) is 15.7. The van der Waals surface area contributed by atoms with Crippen molar-refractivity contribution in [2.24, 2.45) is 0 Å². The molecule has 0 radical (unpaired) electrons. The molecule has 0 amide bonds. The predicted octanol–water partition coefficient (Wildman–Crippen LogP) is 4.23. The second kappa shape index (κ2) is 8.34. The highest BCUT2D eigenvalue weighted by atomic mass is 35.5. The third-order valence-electron chi connectivity index (χ3n) is 3.66. The molecule has 3 rings (SSSR count). The van der Waals surface area contributed by atoms with Crippen molar-refractivity contribution in [2.45, 2.75) is 12.6 Å². The summed E-state index contributed by atoms with van der Waals surface area (Å²) in [7, 11) is 0. The van der Waals surface area contributed by atoms with Gasteiger partial charge < -0.3 is 5.32 Å². The lowest BCUT2D eigenvalue weighted by Crippen LogP contribution is -2.51. The first-order valence-corrected chi connectivity index (χ1v) is 9.32. The predicted molar refractivity (Wildman–Crippen MR) is 105 cm³/mol. The number of thiophene rings is 1. The Balaban J connectivity index is 1.83. The normalized spacial score (nSPS) is 11.7. The van der Waals surface area contributed by atoms with Crippen molar-refractivity contribution in [3.63, 3.8) is 0 Å². The van der Waals surface area contributed by atoms with Crippen LogP contribution in [0.25, 0.3) is 0 Å². The molecule has 0 bridgehead atoms. The summed E-state index contributed by atoms with van der Waals surface area (Å²) >= 11 is 12.8. The van der Waals surface area contributed by atoms with Crippen molar-refractivity contribution in [3.05, 3.63) is 87.8 Å². The van der Waals surface area contributed by atoms with Crippen LogP contribution in [-0.2, 0) is 6.54 Å². The van der Waals surface area contributed by atoms with Crippen LogP contribution >= 0.6 is 35.2 Å². The van der Waals surface area contributed by atoms with Crippen molar-refractivity contribution in [1.29, 1.82) is 0 Å². The van der Waals surface area contributed by atoms with Crippen LogP contribution in [0.3, 0.4) is 0 Å². The Morgan fingerprint density at radius 2 is 1.76 bits per heavy atom. The summed E-state index contributed by atoms with van der Waals surface area (Å²) in [6.07, 6.45) is 3.68. The topological polar surface area (TPSA) is 33.0 Å². The highest BCUT2D eigenvalue weighted by molar-refractivity contribution is 7.80. The van der Waals surface area contributed by atoms with Crippen LogP contribution in [0.15, 0.2) is 73.1 Å². The second-order valence-corrected chi connectivity index (χ2v) is 7.55. The Bertz CT molecular complexity index is 865. The number of ketones is 1. The van der Waals surface area contributed by atoms with E-state index in [1.807, 2.05) is 65.5 Å². The summed E-state index contributed by atoms with van der Waals surface area (Å²) in [5.41, 5.74) is 1.10. The van der Waals surface area contributed by atoms with Crippen LogP contribution in [0.5, 0.6) is 0 Å². The molecule has 0 saturated carbocycles. The summed E-state index contributed by atoms with van der Waals surface area (Å²) in [5, 5.41) is 3.22. The van der Waals surface area contributed by atoms with Gasteiger partial charge >= 0.3 is 0 Å². The molecule has 1 atom stereocenters. The molecule has 2 aromatic heterocycles. The van der Waals surface area contributed by atoms with Gasteiger partial charge in [0.1, 0.15) is 0 Å². The van der Waals surface area contributed by atoms with E-state index < -0.39 is 6.04 Å². The van der Waals surface area contributed by atoms with E-state index in [0.717, 1.165) is 5.56 Å². The fourth-order valence-corrected chi connectivity index (χ4v) is 3.74. The molecule has 1 unspecified atom stereocenters. The zero-order valence-electron chi connectivity index (χ0n) is 13.3. The highest BCUT2D eigenvalue weighted by Crippen LogP contribution is 2.24. The molecule has 1 aromatic carbocycles. The van der Waals surface area contributed by atoms with Crippen LogP contribution in [0.1, 0.15) is 21.3 Å². The van der Waals surface area contributed by atoms with Crippen LogP contribution in [0.2, 0.25) is 4.34 Å². The standard InChI is InChI=1S/C19H15ClN2OS2/c20-16-10-9-15(25-16)18(23)17(22-11-5-2-6-12-22)19(24)21-13-14-7-3-1-4-8-14/h1-12,17H,13H2/p+1. The molecule has 0 spiro atoms. The van der Waals surface area contributed by atoms with E-state index in [1.165, 1.54) is 11.3 Å². The van der Waals surface area contributed by atoms with Crippen LogP contribution in [0.4, 0.5) is 0 Å². The van der Waals surface area contributed by atoms with E-state index in [9.17, 15) is 4.79 Å². The summed E-state index contributed by atoms with van der Waals surface area (Å²) in [6.45, 7) is 0.571. The minimum Gasteiger partial charge on any atom is -0.370 e. The number of pyridine rings is 1. The number of thiocarbonyl (C=S) groups is 1. The third-order valence-corrected chi connectivity index (χ3v) is 5.27. The number of hydrogen-bond donors (Lipinski definition) is 1. The first-order valence-electron chi connectivity index (χ1n) is 7.72. The molecule has 3 aromatic rings. The Morgan fingerprint density at radius 3 is 2.40 bits per heavy atom. The molecule has 25 heavy (non-hydrogen) atoms. The molecule has 0 fully saturated rings. The number of nitrogens with one attached hydrogen (secondary N) is 1. The third kappa shape index (κ3) is 4.51. The molecule has 0 aliphatic carbocycles. The van der Waals surface area contributed by atoms with Gasteiger partial charge in [-0.2, -0.15) is 4.57 Å². The molecule has 0 aliphatic rings. The summed E-state index contributed by atoms with van der Waals surface area (Å²) < 4.78 is 2.40. The van der Waals surface area contributed by atoms with E-state index in [4.69, 9.17) is 23.8 Å². The average molecular weight is 388 g/mol. The first kappa shape index (κ1) is 17.7. The van der Waals surface area contributed by atoms with Gasteiger partial charge in [0, 0.05) is 18.7 Å². The van der Waals surface area contributed by atoms with Gasteiger partial charge in [-0.3, -0.25) is 4.79 Å². The van der Waals surface area contributed by atoms with Crippen LogP contribution < -0.4 is 9.88 Å². The summed E-state index contributed by atoms with van der Waals surface area (Å²) in [6, 6.07) is 18.5. The average Bonchev–Trinajstić information content (AvgIpc) is 3.08. The molecule has 1 N–H and O–H groups in total. The quantitative estimate of drug-likeness (QED) is 0.390. The number of benzene rings is 1. The molecule has 0 saturated heterocycles. The van der Waals surface area contributed by atoms with Crippen molar-refractivity contribution in [1.82, 2.24) is 5.32 Å². The van der Waals surface area contributed by atoms with Crippen LogP contribution in [0, 0.1) is 0 Å². The highest BCUT2D eigenvalue weighted by Gasteiger charge is 2.33. The van der Waals surface area contributed by atoms with E-state index in [-0.39, 0.29) is 5.78 Å². The second-order valence-electron chi connectivity index (χ2n) is 5.40. The van der Waals surface area contributed by atoms with E-state index >= 15 is 0 Å². The smallest absolute Gasteiger partial charge is 0.271 e. The lowest BCUT2D eigenvalue weighted by atomic mass is 10.1. The van der Waals surface area contributed by atoms with Crippen molar-refractivity contribution < 1.29 is 9.36 Å². The zero-order chi connectivity index (χ0) is 17.6. The SMILES string of the molecule is O=C(c1ccc(Cl)s1)C(C(=S)NCc1ccccc1)[n+]1ccccc1. The number of hydrogen-bond acceptors (Lipinski definition) is 3. The van der Waals surface area contributed by atoms with Gasteiger partial charge in [0.05, 0.1) is 9.21 Å². The maximum atomic E-state index is 13.0. The minimum absolute atomic E-state index is 0.0707. The van der Waals surface area contributed by atoms with Crippen molar-refractivity contribution >= 4 is 45.9 Å². The molecular weight excluding hydrogens is 372 g/mol. The molecule has 126 valence electrons. The van der Waals surface area contributed by atoms with Gasteiger partial charge in [0.2, 0.25) is 5.78 Å². The summed E-state index contributed by atoms with van der Waals surface area (Å²) in [4.78, 5) is 14.1. The van der Waals surface area contributed by atoms with Gasteiger partial charge in [-0.1, -0.05) is 60.2 Å². The van der Waals surface area contributed by atoms with Gasteiger partial charge in [-0.15, -0.1) is 11.3 Å². The Kier molecular flexibility index (Phi) is 5.91. The number of carbonyl (C=O) groups is 1. The first-order chi connectivity index (χ1) is 12.1. The van der Waals surface area contributed by atoms with Gasteiger partial charge in [-0.05, 0) is 17.7 Å². The minimum atomic E-state index is -0.602. The maximum absolute atomic E-state index is 13.0. The van der Waals surface area contributed by atoms with E-state index in [0.29, 0.717) is 20.7 Å². The van der Waals surface area contributed by atoms with Gasteiger partial charge in [-0.25, -0.2) is 0 Å².